The lowest BCUT2D eigenvalue weighted by molar-refractivity contribution is -0.192. The smallest absolute Gasteiger partial charge is 0.475 e. The number of rotatable bonds is 8. The third-order valence-electron chi connectivity index (χ3n) is 7.56. The average molecular weight is 690 g/mol. The van der Waals surface area contributed by atoms with Gasteiger partial charge >= 0.3 is 18.2 Å². The van der Waals surface area contributed by atoms with Gasteiger partial charge in [-0.05, 0) is 72.4 Å². The Hall–Kier alpha value is -4.96. The van der Waals surface area contributed by atoms with E-state index in [2.05, 4.69) is 10.6 Å². The van der Waals surface area contributed by atoms with Crippen LogP contribution in [0, 0.1) is 5.92 Å². The number of carboxylic acids is 1. The van der Waals surface area contributed by atoms with E-state index in [1.54, 1.807) is 41.3 Å². The maximum absolute atomic E-state index is 13.4. The molecule has 4 amide bonds. The number of urea groups is 1. The molecule has 1 fully saturated rings. The molecule has 12 nitrogen and oxygen atoms in total. The van der Waals surface area contributed by atoms with Gasteiger partial charge in [0.2, 0.25) is 5.91 Å². The summed E-state index contributed by atoms with van der Waals surface area (Å²) in [5.74, 6) is -2.98. The summed E-state index contributed by atoms with van der Waals surface area (Å²) in [7, 11) is -4.09. The van der Waals surface area contributed by atoms with E-state index in [0.29, 0.717) is 47.8 Å². The van der Waals surface area contributed by atoms with Crippen molar-refractivity contribution in [2.45, 2.75) is 49.8 Å². The van der Waals surface area contributed by atoms with Crippen LogP contribution in [0.4, 0.5) is 29.3 Å². The molecule has 3 aromatic rings. The SMILES string of the molecule is CC(C)C[C@H](N)C(=O)Nc1ccc(C(=O)N2CCc3cc(S(=O)(=O)N4C[C@H](c5ccccc5)NC4=O)ccc32)cc1.O=C(O)C(F)(F)F. The third-order valence-corrected chi connectivity index (χ3v) is 9.30. The fraction of sp³-hybridized carbons (Fsp3) is 0.312. The van der Waals surface area contributed by atoms with Gasteiger partial charge in [-0.2, -0.15) is 13.2 Å². The quantitative estimate of drug-likeness (QED) is 0.271. The topological polar surface area (TPSA) is 179 Å². The third kappa shape index (κ3) is 8.30. The van der Waals surface area contributed by atoms with Gasteiger partial charge in [0, 0.05) is 23.5 Å². The molecule has 256 valence electrons. The fourth-order valence-corrected chi connectivity index (χ4v) is 6.58. The molecule has 2 atom stereocenters. The van der Waals surface area contributed by atoms with Gasteiger partial charge in [-0.1, -0.05) is 44.2 Å². The van der Waals surface area contributed by atoms with E-state index in [-0.39, 0.29) is 23.3 Å². The van der Waals surface area contributed by atoms with Crippen LogP contribution in [0.2, 0.25) is 0 Å². The normalized spacial score (nSPS) is 16.5. The van der Waals surface area contributed by atoms with Gasteiger partial charge in [-0.25, -0.2) is 22.3 Å². The molecule has 0 saturated carbocycles. The Labute approximate surface area is 274 Å². The number of hydrogen-bond donors (Lipinski definition) is 4. The molecule has 0 spiro atoms. The minimum atomic E-state index is -5.08. The number of hydrogen-bond acceptors (Lipinski definition) is 7. The monoisotopic (exact) mass is 689 g/mol. The molecule has 2 aliphatic heterocycles. The first-order valence-electron chi connectivity index (χ1n) is 14.8. The van der Waals surface area contributed by atoms with Crippen LogP contribution in [0.15, 0.2) is 77.7 Å². The highest BCUT2D eigenvalue weighted by Gasteiger charge is 2.40. The number of carboxylic acid groups (broad SMARTS) is 1. The first-order chi connectivity index (χ1) is 22.5. The molecule has 0 aliphatic carbocycles. The van der Waals surface area contributed by atoms with Crippen LogP contribution in [-0.4, -0.2) is 67.0 Å². The predicted octanol–water partition coefficient (Wildman–Crippen LogP) is 4.29. The Morgan fingerprint density at radius 2 is 1.67 bits per heavy atom. The number of sulfonamides is 1. The molecule has 48 heavy (non-hydrogen) atoms. The number of halogens is 3. The number of nitrogens with two attached hydrogens (primary N) is 1. The summed E-state index contributed by atoms with van der Waals surface area (Å²) in [5, 5.41) is 12.6. The van der Waals surface area contributed by atoms with E-state index in [9.17, 15) is 36.0 Å². The summed E-state index contributed by atoms with van der Waals surface area (Å²) in [6, 6.07) is 18.7. The number of fused-ring (bicyclic) bond motifs is 1. The minimum Gasteiger partial charge on any atom is -0.475 e. The second-order valence-corrected chi connectivity index (χ2v) is 13.4. The highest BCUT2D eigenvalue weighted by Crippen LogP contribution is 2.34. The van der Waals surface area contributed by atoms with Gasteiger partial charge in [-0.15, -0.1) is 0 Å². The molecular formula is C32H34F3N5O7S. The zero-order valence-electron chi connectivity index (χ0n) is 25.9. The molecule has 0 unspecified atom stereocenters. The highest BCUT2D eigenvalue weighted by molar-refractivity contribution is 7.89. The number of nitrogens with one attached hydrogen (secondary N) is 2. The van der Waals surface area contributed by atoms with Crippen molar-refractivity contribution in [3.8, 4) is 0 Å². The summed E-state index contributed by atoms with van der Waals surface area (Å²) in [5.41, 5.74) is 9.08. The molecule has 1 saturated heterocycles. The molecule has 0 aromatic heterocycles. The number of alkyl halides is 3. The first kappa shape index (κ1) is 35.9. The summed E-state index contributed by atoms with van der Waals surface area (Å²) in [4.78, 5) is 48.8. The van der Waals surface area contributed by atoms with Crippen molar-refractivity contribution in [1.29, 1.82) is 0 Å². The highest BCUT2D eigenvalue weighted by atomic mass is 32.2. The Morgan fingerprint density at radius 3 is 2.25 bits per heavy atom. The Kier molecular flexibility index (Phi) is 10.8. The van der Waals surface area contributed by atoms with Crippen molar-refractivity contribution in [2.75, 3.05) is 23.3 Å². The van der Waals surface area contributed by atoms with Gasteiger partial charge in [0.15, 0.2) is 0 Å². The van der Waals surface area contributed by atoms with E-state index in [1.165, 1.54) is 6.07 Å². The van der Waals surface area contributed by atoms with Crippen LogP contribution >= 0.6 is 0 Å². The van der Waals surface area contributed by atoms with Gasteiger partial charge in [0.25, 0.3) is 15.9 Å². The number of anilines is 2. The van der Waals surface area contributed by atoms with E-state index in [4.69, 9.17) is 15.6 Å². The van der Waals surface area contributed by atoms with Crippen LogP contribution in [-0.2, 0) is 26.0 Å². The van der Waals surface area contributed by atoms with Crippen LogP contribution < -0.4 is 21.3 Å². The van der Waals surface area contributed by atoms with Gasteiger partial charge < -0.3 is 26.4 Å². The molecule has 16 heteroatoms. The molecular weight excluding hydrogens is 655 g/mol. The van der Waals surface area contributed by atoms with Crippen molar-refractivity contribution in [3.63, 3.8) is 0 Å². The maximum atomic E-state index is 13.4. The van der Waals surface area contributed by atoms with Gasteiger partial charge in [0.05, 0.1) is 23.5 Å². The molecule has 0 radical (unpaired) electrons. The first-order valence-corrected chi connectivity index (χ1v) is 16.2. The Morgan fingerprint density at radius 1 is 1.04 bits per heavy atom. The number of aliphatic carboxylic acids is 1. The number of amides is 4. The molecule has 2 heterocycles. The largest absolute Gasteiger partial charge is 0.490 e. The number of carbonyl (C=O) groups is 4. The van der Waals surface area contributed by atoms with Crippen LogP contribution in [0.3, 0.4) is 0 Å². The summed E-state index contributed by atoms with van der Waals surface area (Å²) in [6.45, 7) is 4.38. The molecule has 5 N–H and O–H groups in total. The minimum absolute atomic E-state index is 0.00480. The summed E-state index contributed by atoms with van der Waals surface area (Å²) >= 11 is 0. The standard InChI is InChI=1S/C30H33N5O5S.C2HF3O2/c1-19(2)16-25(31)28(36)32-23-10-8-21(9-11-23)29(37)34-15-14-22-17-24(12-13-27(22)34)41(39,40)35-18-26(33-30(35)38)20-6-4-3-5-7-20;3-2(4,5)1(6)7/h3-13,17,19,25-26H,14-16,18,31H2,1-2H3,(H,32,36)(H,33,38);(H,6,7)/t25-,26+;/m0./s1. The van der Waals surface area contributed by atoms with E-state index in [1.807, 2.05) is 44.2 Å². The lowest BCUT2D eigenvalue weighted by atomic mass is 10.0. The van der Waals surface area contributed by atoms with Gasteiger partial charge in [-0.3, -0.25) is 9.59 Å². The van der Waals surface area contributed by atoms with E-state index in [0.717, 1.165) is 9.87 Å². The van der Waals surface area contributed by atoms with E-state index >= 15 is 0 Å². The summed E-state index contributed by atoms with van der Waals surface area (Å²) < 4.78 is 59.4. The van der Waals surface area contributed by atoms with Crippen molar-refractivity contribution in [3.05, 3.63) is 89.5 Å². The van der Waals surface area contributed by atoms with Gasteiger partial charge in [0.1, 0.15) is 0 Å². The molecule has 3 aromatic carbocycles. The zero-order chi connectivity index (χ0) is 35.4. The second-order valence-electron chi connectivity index (χ2n) is 11.6. The fourth-order valence-electron chi connectivity index (χ4n) is 5.18. The molecule has 0 bridgehead atoms. The van der Waals surface area contributed by atoms with Crippen molar-refractivity contribution >= 4 is 45.2 Å². The molecule has 5 rings (SSSR count). The number of benzene rings is 3. The summed E-state index contributed by atoms with van der Waals surface area (Å²) in [6.07, 6.45) is -4.04. The number of carbonyl (C=O) groups excluding carboxylic acids is 3. The lowest BCUT2D eigenvalue weighted by Crippen LogP contribution is -2.36. The number of nitrogens with zero attached hydrogens (tertiary/aromatic N) is 2. The Balaban J connectivity index is 0.000000671. The Bertz CT molecular complexity index is 1790. The molecule has 2 aliphatic rings. The van der Waals surface area contributed by atoms with Crippen molar-refractivity contribution < 1.29 is 45.9 Å². The van der Waals surface area contributed by atoms with Crippen LogP contribution in [0.1, 0.15) is 47.8 Å². The maximum Gasteiger partial charge on any atom is 0.490 e. The lowest BCUT2D eigenvalue weighted by Gasteiger charge is -2.19. The predicted molar refractivity (Wildman–Crippen MR) is 170 cm³/mol. The average Bonchev–Trinajstić information content (AvgIpc) is 3.64. The van der Waals surface area contributed by atoms with Crippen LogP contribution in [0.5, 0.6) is 0 Å². The van der Waals surface area contributed by atoms with Crippen molar-refractivity contribution in [2.24, 2.45) is 11.7 Å². The van der Waals surface area contributed by atoms with Crippen LogP contribution in [0.25, 0.3) is 0 Å². The van der Waals surface area contributed by atoms with E-state index < -0.39 is 40.3 Å². The van der Waals surface area contributed by atoms with Crippen molar-refractivity contribution in [1.82, 2.24) is 9.62 Å². The zero-order valence-corrected chi connectivity index (χ0v) is 26.7. The second kappa shape index (κ2) is 14.4.